The van der Waals surface area contributed by atoms with Gasteiger partial charge in [-0.1, -0.05) is 30.3 Å². The van der Waals surface area contributed by atoms with E-state index in [0.29, 0.717) is 6.61 Å². The number of ether oxygens (including phenoxy) is 1. The summed E-state index contributed by atoms with van der Waals surface area (Å²) in [6.45, 7) is 4.33. The van der Waals surface area contributed by atoms with Gasteiger partial charge >= 0.3 is 0 Å². The lowest BCUT2D eigenvalue weighted by Crippen LogP contribution is -2.49. The predicted molar refractivity (Wildman–Crippen MR) is 79.4 cm³/mol. The number of piperidine rings is 1. The zero-order valence-corrected chi connectivity index (χ0v) is 12.3. The maximum atomic E-state index is 12.1. The van der Waals surface area contributed by atoms with E-state index in [2.05, 4.69) is 17.3 Å². The standard InChI is InChI=1S/C16H24N2O2/c1-13(20-12-14-7-4-3-5-8-14)16(19)17-15-9-6-10-18(2)11-15/h3-5,7-8,13,15H,6,9-12H2,1-2H3,(H,17,19)/t13-,15+/m0/s1. The number of rotatable bonds is 5. The minimum atomic E-state index is -0.414. The van der Waals surface area contributed by atoms with Gasteiger partial charge in [-0.3, -0.25) is 4.79 Å². The van der Waals surface area contributed by atoms with Crippen LogP contribution in [-0.4, -0.2) is 43.1 Å². The molecule has 2 rings (SSSR count). The van der Waals surface area contributed by atoms with Crippen LogP contribution in [0.25, 0.3) is 0 Å². The highest BCUT2D eigenvalue weighted by Crippen LogP contribution is 2.09. The van der Waals surface area contributed by atoms with Crippen LogP contribution in [0.4, 0.5) is 0 Å². The van der Waals surface area contributed by atoms with E-state index in [-0.39, 0.29) is 11.9 Å². The van der Waals surface area contributed by atoms with E-state index in [0.717, 1.165) is 31.5 Å². The topological polar surface area (TPSA) is 41.6 Å². The molecule has 1 aromatic carbocycles. The number of hydrogen-bond acceptors (Lipinski definition) is 3. The van der Waals surface area contributed by atoms with Gasteiger partial charge < -0.3 is 15.0 Å². The molecular formula is C16H24N2O2. The third-order valence-corrected chi connectivity index (χ3v) is 3.68. The van der Waals surface area contributed by atoms with Crippen LogP contribution in [0, 0.1) is 0 Å². The van der Waals surface area contributed by atoms with Gasteiger partial charge in [-0.25, -0.2) is 0 Å². The first-order valence-electron chi connectivity index (χ1n) is 7.29. The van der Waals surface area contributed by atoms with Gasteiger partial charge in [-0.15, -0.1) is 0 Å². The summed E-state index contributed by atoms with van der Waals surface area (Å²) in [5, 5.41) is 3.08. The lowest BCUT2D eigenvalue weighted by molar-refractivity contribution is -0.133. The van der Waals surface area contributed by atoms with Crippen LogP contribution in [0.5, 0.6) is 0 Å². The molecule has 0 aliphatic carbocycles. The normalized spacial score (nSPS) is 21.4. The van der Waals surface area contributed by atoms with Crippen molar-refractivity contribution in [1.29, 1.82) is 0 Å². The van der Waals surface area contributed by atoms with Crippen LogP contribution in [0.2, 0.25) is 0 Å². The molecule has 4 nitrogen and oxygen atoms in total. The molecule has 1 saturated heterocycles. The maximum absolute atomic E-state index is 12.1. The molecule has 1 N–H and O–H groups in total. The van der Waals surface area contributed by atoms with Crippen LogP contribution in [0.1, 0.15) is 25.3 Å². The summed E-state index contributed by atoms with van der Waals surface area (Å²) in [6.07, 6.45) is 1.78. The van der Waals surface area contributed by atoms with Gasteiger partial charge in [-0.2, -0.15) is 0 Å². The molecule has 1 aromatic rings. The van der Waals surface area contributed by atoms with Crippen LogP contribution in [-0.2, 0) is 16.1 Å². The van der Waals surface area contributed by atoms with Gasteiger partial charge in [-0.05, 0) is 38.9 Å². The predicted octanol–water partition coefficient (Wildman–Crippen LogP) is 1.80. The second-order valence-electron chi connectivity index (χ2n) is 5.55. The van der Waals surface area contributed by atoms with E-state index in [1.54, 1.807) is 0 Å². The monoisotopic (exact) mass is 276 g/mol. The first kappa shape index (κ1) is 15.0. The van der Waals surface area contributed by atoms with E-state index < -0.39 is 6.10 Å². The van der Waals surface area contributed by atoms with Crippen molar-refractivity contribution in [2.45, 2.75) is 38.5 Å². The minimum absolute atomic E-state index is 0.0127. The Labute approximate surface area is 121 Å². The molecule has 2 atom stereocenters. The average molecular weight is 276 g/mol. The van der Waals surface area contributed by atoms with Gasteiger partial charge in [0.2, 0.25) is 5.91 Å². The van der Waals surface area contributed by atoms with Crippen molar-refractivity contribution >= 4 is 5.91 Å². The molecule has 1 fully saturated rings. The van der Waals surface area contributed by atoms with Crippen molar-refractivity contribution in [2.75, 3.05) is 20.1 Å². The van der Waals surface area contributed by atoms with Crippen LogP contribution < -0.4 is 5.32 Å². The highest BCUT2D eigenvalue weighted by atomic mass is 16.5. The highest BCUT2D eigenvalue weighted by Gasteiger charge is 2.21. The molecule has 20 heavy (non-hydrogen) atoms. The molecule has 1 amide bonds. The van der Waals surface area contributed by atoms with Gasteiger partial charge in [0.05, 0.1) is 6.61 Å². The number of nitrogens with zero attached hydrogens (tertiary/aromatic N) is 1. The lowest BCUT2D eigenvalue weighted by atomic mass is 10.1. The fourth-order valence-electron chi connectivity index (χ4n) is 2.47. The van der Waals surface area contributed by atoms with Crippen molar-refractivity contribution in [3.05, 3.63) is 35.9 Å². The SMILES string of the molecule is C[C@H](OCc1ccccc1)C(=O)N[C@@H]1CCCN(C)C1. The van der Waals surface area contributed by atoms with E-state index in [1.165, 1.54) is 0 Å². The highest BCUT2D eigenvalue weighted by molar-refractivity contribution is 5.80. The summed E-state index contributed by atoms with van der Waals surface area (Å²) in [4.78, 5) is 14.3. The number of amides is 1. The number of nitrogens with one attached hydrogen (secondary N) is 1. The molecule has 1 aliphatic heterocycles. The summed E-state index contributed by atoms with van der Waals surface area (Å²) in [5.41, 5.74) is 1.09. The molecule has 0 aromatic heterocycles. The molecule has 0 unspecified atom stereocenters. The average Bonchev–Trinajstić information content (AvgIpc) is 2.46. The summed E-state index contributed by atoms with van der Waals surface area (Å²) < 4.78 is 5.63. The van der Waals surface area contributed by atoms with Crippen molar-refractivity contribution in [1.82, 2.24) is 10.2 Å². The molecule has 1 aliphatic rings. The Morgan fingerprint density at radius 3 is 2.90 bits per heavy atom. The van der Waals surface area contributed by atoms with Gasteiger partial charge in [0, 0.05) is 12.6 Å². The van der Waals surface area contributed by atoms with Crippen molar-refractivity contribution in [2.24, 2.45) is 0 Å². The van der Waals surface area contributed by atoms with Crippen LogP contribution >= 0.6 is 0 Å². The zero-order chi connectivity index (χ0) is 14.4. The molecule has 110 valence electrons. The second-order valence-corrected chi connectivity index (χ2v) is 5.55. The third-order valence-electron chi connectivity index (χ3n) is 3.68. The van der Waals surface area contributed by atoms with Crippen LogP contribution in [0.15, 0.2) is 30.3 Å². The minimum Gasteiger partial charge on any atom is -0.364 e. The third kappa shape index (κ3) is 4.62. The fraction of sp³-hybridized carbons (Fsp3) is 0.562. The number of benzene rings is 1. The van der Waals surface area contributed by atoms with E-state index in [1.807, 2.05) is 37.3 Å². The van der Waals surface area contributed by atoms with Crippen molar-refractivity contribution in [3.63, 3.8) is 0 Å². The van der Waals surface area contributed by atoms with Gasteiger partial charge in [0.15, 0.2) is 0 Å². The largest absolute Gasteiger partial charge is 0.364 e. The van der Waals surface area contributed by atoms with E-state index >= 15 is 0 Å². The summed E-state index contributed by atoms with van der Waals surface area (Å²) in [7, 11) is 2.09. The van der Waals surface area contributed by atoms with Gasteiger partial charge in [0.25, 0.3) is 0 Å². The molecule has 4 heteroatoms. The van der Waals surface area contributed by atoms with Crippen molar-refractivity contribution in [3.8, 4) is 0 Å². The number of likely N-dealkylation sites (N-methyl/N-ethyl adjacent to an activating group) is 1. The molecule has 0 bridgehead atoms. The van der Waals surface area contributed by atoms with Crippen LogP contribution in [0.3, 0.4) is 0 Å². The molecular weight excluding hydrogens is 252 g/mol. The number of carbonyl (C=O) groups is 1. The summed E-state index contributed by atoms with van der Waals surface area (Å²) in [5.74, 6) is -0.0127. The van der Waals surface area contributed by atoms with Crippen molar-refractivity contribution < 1.29 is 9.53 Å². The number of carbonyl (C=O) groups excluding carboxylic acids is 1. The summed E-state index contributed by atoms with van der Waals surface area (Å²) in [6, 6.07) is 10.2. The molecule has 0 saturated carbocycles. The lowest BCUT2D eigenvalue weighted by Gasteiger charge is -2.30. The second kappa shape index (κ2) is 7.41. The maximum Gasteiger partial charge on any atom is 0.249 e. The molecule has 1 heterocycles. The molecule has 0 spiro atoms. The molecule has 0 radical (unpaired) electrons. The first-order valence-corrected chi connectivity index (χ1v) is 7.29. The van der Waals surface area contributed by atoms with E-state index in [9.17, 15) is 4.79 Å². The number of likely N-dealkylation sites (tertiary alicyclic amines) is 1. The Morgan fingerprint density at radius 2 is 2.20 bits per heavy atom. The zero-order valence-electron chi connectivity index (χ0n) is 12.3. The first-order chi connectivity index (χ1) is 9.65. The smallest absolute Gasteiger partial charge is 0.249 e. The Kier molecular flexibility index (Phi) is 5.56. The Bertz CT molecular complexity index is 422. The summed E-state index contributed by atoms with van der Waals surface area (Å²) >= 11 is 0. The van der Waals surface area contributed by atoms with E-state index in [4.69, 9.17) is 4.74 Å². The Morgan fingerprint density at radius 1 is 1.45 bits per heavy atom. The Balaban J connectivity index is 1.74. The number of hydrogen-bond donors (Lipinski definition) is 1. The van der Waals surface area contributed by atoms with Gasteiger partial charge in [0.1, 0.15) is 6.10 Å². The quantitative estimate of drug-likeness (QED) is 0.891. The Hall–Kier alpha value is -1.39. The fourth-order valence-corrected chi connectivity index (χ4v) is 2.47.